The number of likely N-dealkylation sites (tertiary alicyclic amines) is 1. The zero-order valence-electron chi connectivity index (χ0n) is 13.7. The quantitative estimate of drug-likeness (QED) is 0.836. The average molecular weight is 275 g/mol. The second-order valence-electron chi connectivity index (χ2n) is 6.69. The first kappa shape index (κ1) is 15.3. The van der Waals surface area contributed by atoms with Gasteiger partial charge in [0.1, 0.15) is 5.82 Å². The van der Waals surface area contributed by atoms with Crippen molar-refractivity contribution in [2.75, 3.05) is 32.1 Å². The maximum absolute atomic E-state index is 4.63. The lowest BCUT2D eigenvalue weighted by Crippen LogP contribution is -2.36. The topological polar surface area (TPSA) is 19.4 Å². The van der Waals surface area contributed by atoms with Crippen LogP contribution in [-0.4, -0.2) is 37.1 Å². The molecule has 1 aliphatic heterocycles. The molecule has 0 unspecified atom stereocenters. The van der Waals surface area contributed by atoms with Crippen molar-refractivity contribution in [1.82, 2.24) is 9.88 Å². The van der Waals surface area contributed by atoms with Gasteiger partial charge in [-0.15, -0.1) is 0 Å². The van der Waals surface area contributed by atoms with Gasteiger partial charge in [0, 0.05) is 32.9 Å². The Bertz CT molecular complexity index is 440. The van der Waals surface area contributed by atoms with E-state index in [1.165, 1.54) is 43.5 Å². The van der Waals surface area contributed by atoms with E-state index in [0.29, 0.717) is 6.04 Å². The minimum Gasteiger partial charge on any atom is -0.363 e. The molecule has 3 nitrogen and oxygen atoms in total. The van der Waals surface area contributed by atoms with Gasteiger partial charge in [0.15, 0.2) is 0 Å². The number of nitrogens with zero attached hydrogens (tertiary/aromatic N) is 3. The number of pyridine rings is 1. The van der Waals surface area contributed by atoms with Crippen LogP contribution >= 0.6 is 0 Å². The summed E-state index contributed by atoms with van der Waals surface area (Å²) in [4.78, 5) is 9.36. The molecule has 0 aromatic carbocycles. The van der Waals surface area contributed by atoms with Crippen molar-refractivity contribution in [2.24, 2.45) is 5.92 Å². The van der Waals surface area contributed by atoms with E-state index in [2.05, 4.69) is 47.8 Å². The molecular formula is C17H29N3. The number of hydrogen-bond acceptors (Lipinski definition) is 3. The minimum absolute atomic E-state index is 0.565. The zero-order chi connectivity index (χ0) is 14.7. The van der Waals surface area contributed by atoms with Gasteiger partial charge in [-0.05, 0) is 49.4 Å². The molecule has 1 aromatic rings. The normalized spacial score (nSPS) is 20.4. The third kappa shape index (κ3) is 3.51. The third-order valence-corrected chi connectivity index (χ3v) is 4.17. The van der Waals surface area contributed by atoms with Gasteiger partial charge in [-0.2, -0.15) is 0 Å². The SMILES string of the molecule is Cc1cc(N(C)C)ncc1[C@H]1CCCCN1CC(C)C. The second-order valence-corrected chi connectivity index (χ2v) is 6.69. The van der Waals surface area contributed by atoms with Crippen LogP contribution in [0.2, 0.25) is 0 Å². The number of aromatic nitrogens is 1. The maximum Gasteiger partial charge on any atom is 0.128 e. The lowest BCUT2D eigenvalue weighted by atomic mass is 9.92. The highest BCUT2D eigenvalue weighted by atomic mass is 15.2. The van der Waals surface area contributed by atoms with E-state index in [1.807, 2.05) is 14.1 Å². The molecule has 2 rings (SSSR count). The van der Waals surface area contributed by atoms with E-state index >= 15 is 0 Å². The molecule has 3 heteroatoms. The van der Waals surface area contributed by atoms with Crippen LogP contribution in [0.1, 0.15) is 50.3 Å². The van der Waals surface area contributed by atoms with E-state index in [-0.39, 0.29) is 0 Å². The third-order valence-electron chi connectivity index (χ3n) is 4.17. The maximum atomic E-state index is 4.63. The van der Waals surface area contributed by atoms with Gasteiger partial charge in [-0.25, -0.2) is 4.98 Å². The summed E-state index contributed by atoms with van der Waals surface area (Å²) in [5.74, 6) is 1.78. The highest BCUT2D eigenvalue weighted by Crippen LogP contribution is 2.33. The summed E-state index contributed by atoms with van der Waals surface area (Å²) in [6.07, 6.45) is 6.06. The Kier molecular flexibility index (Phi) is 5.03. The Morgan fingerprint density at radius 2 is 2.10 bits per heavy atom. The van der Waals surface area contributed by atoms with E-state index in [0.717, 1.165) is 11.7 Å². The van der Waals surface area contributed by atoms with Crippen LogP contribution in [-0.2, 0) is 0 Å². The summed E-state index contributed by atoms with van der Waals surface area (Å²) in [7, 11) is 4.10. The van der Waals surface area contributed by atoms with Gasteiger partial charge >= 0.3 is 0 Å². The van der Waals surface area contributed by atoms with Crippen LogP contribution in [0.15, 0.2) is 12.3 Å². The molecule has 0 radical (unpaired) electrons. The van der Waals surface area contributed by atoms with Crippen molar-refractivity contribution in [1.29, 1.82) is 0 Å². The first-order valence-corrected chi connectivity index (χ1v) is 7.87. The fourth-order valence-electron chi connectivity index (χ4n) is 3.18. The molecule has 0 bridgehead atoms. The standard InChI is InChI=1S/C17H29N3/c1-13(2)12-20-9-7-6-8-16(20)15-11-18-17(19(4)5)10-14(15)3/h10-11,13,16H,6-9,12H2,1-5H3/t16-/m1/s1. The second kappa shape index (κ2) is 6.57. The molecule has 2 heterocycles. The fraction of sp³-hybridized carbons (Fsp3) is 0.706. The summed E-state index contributed by atoms with van der Waals surface area (Å²) < 4.78 is 0. The van der Waals surface area contributed by atoms with Crippen LogP contribution in [0, 0.1) is 12.8 Å². The van der Waals surface area contributed by atoms with Crippen LogP contribution in [0.3, 0.4) is 0 Å². The Morgan fingerprint density at radius 3 is 2.70 bits per heavy atom. The van der Waals surface area contributed by atoms with Gasteiger partial charge in [0.25, 0.3) is 0 Å². The first-order chi connectivity index (χ1) is 9.49. The van der Waals surface area contributed by atoms with Crippen LogP contribution in [0.4, 0.5) is 5.82 Å². The summed E-state index contributed by atoms with van der Waals surface area (Å²) in [6, 6.07) is 2.78. The van der Waals surface area contributed by atoms with Crippen molar-refractivity contribution in [2.45, 2.75) is 46.1 Å². The predicted octanol–water partition coefficient (Wildman–Crippen LogP) is 3.64. The monoisotopic (exact) mass is 275 g/mol. The number of piperidine rings is 1. The number of anilines is 1. The Balaban J connectivity index is 2.23. The first-order valence-electron chi connectivity index (χ1n) is 7.87. The lowest BCUT2D eigenvalue weighted by Gasteiger charge is -2.37. The summed E-state index contributed by atoms with van der Waals surface area (Å²) in [6.45, 7) is 9.28. The van der Waals surface area contributed by atoms with E-state index in [9.17, 15) is 0 Å². The van der Waals surface area contributed by atoms with E-state index in [1.54, 1.807) is 0 Å². The minimum atomic E-state index is 0.565. The van der Waals surface area contributed by atoms with Crippen molar-refractivity contribution in [3.05, 3.63) is 23.4 Å². The predicted molar refractivity (Wildman–Crippen MR) is 86.3 cm³/mol. The summed E-state index contributed by atoms with van der Waals surface area (Å²) in [5.41, 5.74) is 2.81. The molecule has 0 amide bonds. The Hall–Kier alpha value is -1.09. The van der Waals surface area contributed by atoms with Gasteiger partial charge in [-0.3, -0.25) is 4.90 Å². The molecule has 20 heavy (non-hydrogen) atoms. The highest BCUT2D eigenvalue weighted by Gasteiger charge is 2.25. The number of rotatable bonds is 4. The van der Waals surface area contributed by atoms with Crippen molar-refractivity contribution >= 4 is 5.82 Å². The molecule has 0 saturated carbocycles. The van der Waals surface area contributed by atoms with Gasteiger partial charge in [0.05, 0.1) is 0 Å². The molecule has 0 N–H and O–H groups in total. The number of aryl methyl sites for hydroxylation is 1. The smallest absolute Gasteiger partial charge is 0.128 e. The molecule has 1 atom stereocenters. The number of hydrogen-bond donors (Lipinski definition) is 0. The van der Waals surface area contributed by atoms with Crippen LogP contribution < -0.4 is 4.90 Å². The largest absolute Gasteiger partial charge is 0.363 e. The molecule has 0 spiro atoms. The van der Waals surface area contributed by atoms with E-state index < -0.39 is 0 Å². The summed E-state index contributed by atoms with van der Waals surface area (Å²) in [5, 5.41) is 0. The fourth-order valence-corrected chi connectivity index (χ4v) is 3.18. The Labute approximate surface area is 124 Å². The van der Waals surface area contributed by atoms with Crippen LogP contribution in [0.25, 0.3) is 0 Å². The van der Waals surface area contributed by atoms with Crippen molar-refractivity contribution in [3.63, 3.8) is 0 Å². The van der Waals surface area contributed by atoms with Gasteiger partial charge < -0.3 is 4.90 Å². The molecule has 1 aliphatic rings. The Morgan fingerprint density at radius 1 is 1.35 bits per heavy atom. The van der Waals surface area contributed by atoms with Gasteiger partial charge in [0.2, 0.25) is 0 Å². The summed E-state index contributed by atoms with van der Waals surface area (Å²) >= 11 is 0. The molecule has 1 fully saturated rings. The zero-order valence-corrected chi connectivity index (χ0v) is 13.7. The molecular weight excluding hydrogens is 246 g/mol. The lowest BCUT2D eigenvalue weighted by molar-refractivity contribution is 0.131. The average Bonchev–Trinajstić information content (AvgIpc) is 2.39. The molecule has 0 aliphatic carbocycles. The molecule has 1 saturated heterocycles. The van der Waals surface area contributed by atoms with E-state index in [4.69, 9.17) is 0 Å². The molecule has 112 valence electrons. The molecule has 1 aromatic heterocycles. The highest BCUT2D eigenvalue weighted by molar-refractivity contribution is 5.42. The van der Waals surface area contributed by atoms with Crippen LogP contribution in [0.5, 0.6) is 0 Å². The van der Waals surface area contributed by atoms with Gasteiger partial charge in [-0.1, -0.05) is 20.3 Å². The van der Waals surface area contributed by atoms with Crippen molar-refractivity contribution in [3.8, 4) is 0 Å². The van der Waals surface area contributed by atoms with Crippen molar-refractivity contribution < 1.29 is 0 Å².